The molecule has 2 unspecified atom stereocenters. The molecule has 2 heterocycles. The van der Waals surface area contributed by atoms with E-state index in [1.54, 1.807) is 0 Å². The van der Waals surface area contributed by atoms with Crippen molar-refractivity contribution in [1.29, 1.82) is 0 Å². The van der Waals surface area contributed by atoms with Crippen LogP contribution in [0.25, 0.3) is 0 Å². The van der Waals surface area contributed by atoms with Gasteiger partial charge in [0.15, 0.2) is 0 Å². The number of hydrogen-bond donors (Lipinski definition) is 1. The number of rotatable bonds is 2. The Bertz CT molecular complexity index is 465. The quantitative estimate of drug-likeness (QED) is 0.891. The first kappa shape index (κ1) is 13.6. The minimum atomic E-state index is -0.382. The van der Waals surface area contributed by atoms with Crippen molar-refractivity contribution in [2.75, 3.05) is 0 Å². The number of ether oxygens (including phenoxy) is 1. The Labute approximate surface area is 119 Å². The van der Waals surface area contributed by atoms with Crippen LogP contribution in [0.2, 0.25) is 0 Å². The maximum absolute atomic E-state index is 10.8. The van der Waals surface area contributed by atoms with Crippen LogP contribution in [0.4, 0.5) is 0 Å². The maximum Gasteiger partial charge on any atom is 0.0938 e. The molecule has 3 heteroatoms. The third kappa shape index (κ3) is 2.37. The summed E-state index contributed by atoms with van der Waals surface area (Å²) in [4.78, 5) is 2.63. The molecule has 1 saturated heterocycles. The van der Waals surface area contributed by atoms with Crippen molar-refractivity contribution in [3.8, 4) is 0 Å². The van der Waals surface area contributed by atoms with Crippen molar-refractivity contribution < 1.29 is 9.84 Å². The van der Waals surface area contributed by atoms with Crippen molar-refractivity contribution in [2.45, 2.75) is 70.7 Å². The zero-order valence-corrected chi connectivity index (χ0v) is 13.1. The summed E-state index contributed by atoms with van der Waals surface area (Å²) in [6.07, 6.45) is 4.20. The molecule has 0 bridgehead atoms. The molecule has 0 saturated carbocycles. The van der Waals surface area contributed by atoms with Crippen LogP contribution in [0.3, 0.4) is 0 Å². The van der Waals surface area contributed by atoms with Crippen molar-refractivity contribution >= 4 is 11.3 Å². The van der Waals surface area contributed by atoms with Crippen LogP contribution in [0.15, 0.2) is 6.07 Å². The van der Waals surface area contributed by atoms with Gasteiger partial charge >= 0.3 is 0 Å². The second-order valence-electron chi connectivity index (χ2n) is 7.17. The van der Waals surface area contributed by atoms with Crippen LogP contribution in [0.5, 0.6) is 0 Å². The van der Waals surface area contributed by atoms with E-state index in [2.05, 4.69) is 33.8 Å². The van der Waals surface area contributed by atoms with E-state index < -0.39 is 0 Å². The summed E-state index contributed by atoms with van der Waals surface area (Å²) in [5.74, 6) is 0.182. The van der Waals surface area contributed by atoms with Crippen LogP contribution in [0, 0.1) is 5.92 Å². The lowest BCUT2D eigenvalue weighted by Crippen LogP contribution is -2.32. The normalized spacial score (nSPS) is 29.4. The van der Waals surface area contributed by atoms with Gasteiger partial charge in [0.05, 0.1) is 17.3 Å². The summed E-state index contributed by atoms with van der Waals surface area (Å²) in [6.45, 7) is 8.46. The number of thiophene rings is 1. The molecule has 106 valence electrons. The van der Waals surface area contributed by atoms with E-state index in [9.17, 15) is 5.11 Å². The van der Waals surface area contributed by atoms with Crippen LogP contribution >= 0.6 is 11.3 Å². The molecular weight excluding hydrogens is 256 g/mol. The van der Waals surface area contributed by atoms with Crippen LogP contribution in [0.1, 0.15) is 62.0 Å². The van der Waals surface area contributed by atoms with Crippen LogP contribution < -0.4 is 0 Å². The summed E-state index contributed by atoms with van der Waals surface area (Å²) in [5, 5.41) is 10.8. The monoisotopic (exact) mass is 280 g/mol. The summed E-state index contributed by atoms with van der Waals surface area (Å²) in [6, 6.07) is 2.24. The first-order valence-electron chi connectivity index (χ1n) is 7.28. The highest BCUT2D eigenvalue weighted by Gasteiger charge is 2.49. The van der Waals surface area contributed by atoms with Crippen molar-refractivity contribution in [3.63, 3.8) is 0 Å². The van der Waals surface area contributed by atoms with Crippen molar-refractivity contribution in [3.05, 3.63) is 21.4 Å². The molecule has 19 heavy (non-hydrogen) atoms. The van der Waals surface area contributed by atoms with Gasteiger partial charge in [-0.3, -0.25) is 0 Å². The summed E-state index contributed by atoms with van der Waals surface area (Å²) < 4.78 is 6.11. The molecule has 1 aliphatic carbocycles. The van der Waals surface area contributed by atoms with Gasteiger partial charge in [-0.25, -0.2) is 0 Å². The zero-order chi connectivity index (χ0) is 13.8. The van der Waals surface area contributed by atoms with Gasteiger partial charge in [0, 0.05) is 15.7 Å². The van der Waals surface area contributed by atoms with E-state index in [-0.39, 0.29) is 23.2 Å². The molecule has 3 rings (SSSR count). The van der Waals surface area contributed by atoms with Gasteiger partial charge in [0.1, 0.15) is 0 Å². The Morgan fingerprint density at radius 1 is 1.32 bits per heavy atom. The standard InChI is InChI=1S/C16H24O2S/c1-15(2)9-11(16(3,4)18-15)14(17)13-8-10-6-5-7-12(10)19-13/h8,11,14,17H,5-7,9H2,1-4H3. The largest absolute Gasteiger partial charge is 0.387 e. The van der Waals surface area contributed by atoms with Gasteiger partial charge in [-0.15, -0.1) is 11.3 Å². The Hall–Kier alpha value is -0.380. The minimum Gasteiger partial charge on any atom is -0.387 e. The van der Waals surface area contributed by atoms with Gasteiger partial charge < -0.3 is 9.84 Å². The zero-order valence-electron chi connectivity index (χ0n) is 12.3. The highest BCUT2D eigenvalue weighted by Crippen LogP contribution is 2.49. The lowest BCUT2D eigenvalue weighted by molar-refractivity contribution is -0.0877. The predicted molar refractivity (Wildman–Crippen MR) is 78.7 cm³/mol. The number of hydrogen-bond acceptors (Lipinski definition) is 3. The average Bonchev–Trinajstić information content (AvgIpc) is 2.87. The smallest absolute Gasteiger partial charge is 0.0938 e. The molecule has 0 spiro atoms. The third-order valence-corrected chi connectivity index (χ3v) is 5.89. The molecule has 2 aliphatic rings. The van der Waals surface area contributed by atoms with Crippen molar-refractivity contribution in [2.24, 2.45) is 5.92 Å². The molecule has 2 atom stereocenters. The summed E-state index contributed by atoms with van der Waals surface area (Å²) >= 11 is 1.81. The average molecular weight is 280 g/mol. The van der Waals surface area contributed by atoms with Crippen molar-refractivity contribution in [1.82, 2.24) is 0 Å². The van der Waals surface area contributed by atoms with Gasteiger partial charge in [0.25, 0.3) is 0 Å². The van der Waals surface area contributed by atoms with E-state index in [1.807, 2.05) is 11.3 Å². The number of aliphatic hydroxyl groups is 1. The summed E-state index contributed by atoms with van der Waals surface area (Å²) in [5.41, 5.74) is 1.09. The Balaban J connectivity index is 1.85. The van der Waals surface area contributed by atoms with E-state index >= 15 is 0 Å². The number of aliphatic hydroxyl groups excluding tert-OH is 1. The molecule has 0 amide bonds. The maximum atomic E-state index is 10.8. The molecule has 1 aliphatic heterocycles. The fraction of sp³-hybridized carbons (Fsp3) is 0.750. The lowest BCUT2D eigenvalue weighted by Gasteiger charge is -2.29. The molecule has 1 N–H and O–H groups in total. The topological polar surface area (TPSA) is 29.5 Å². The lowest BCUT2D eigenvalue weighted by atomic mass is 9.82. The molecule has 2 nitrogen and oxygen atoms in total. The molecule has 0 radical (unpaired) electrons. The SMILES string of the molecule is CC1(C)CC(C(O)c2cc3c(s2)CCC3)C(C)(C)O1. The van der Waals surface area contributed by atoms with Gasteiger partial charge in [-0.2, -0.15) is 0 Å². The van der Waals surface area contributed by atoms with Gasteiger partial charge in [-0.1, -0.05) is 0 Å². The first-order chi connectivity index (χ1) is 8.78. The predicted octanol–water partition coefficient (Wildman–Crippen LogP) is 3.86. The fourth-order valence-electron chi connectivity index (χ4n) is 3.79. The van der Waals surface area contributed by atoms with E-state index in [0.29, 0.717) is 0 Å². The Kier molecular flexibility index (Phi) is 3.08. The minimum absolute atomic E-state index is 0.130. The Morgan fingerprint density at radius 3 is 2.63 bits per heavy atom. The van der Waals surface area contributed by atoms with E-state index in [1.165, 1.54) is 29.7 Å². The molecular formula is C16H24O2S. The Morgan fingerprint density at radius 2 is 2.05 bits per heavy atom. The highest BCUT2D eigenvalue weighted by atomic mass is 32.1. The molecule has 1 aromatic heterocycles. The molecule has 0 aromatic carbocycles. The summed E-state index contributed by atoms with van der Waals surface area (Å²) in [7, 11) is 0. The molecule has 1 fully saturated rings. The fourth-order valence-corrected chi connectivity index (χ4v) is 5.10. The first-order valence-corrected chi connectivity index (χ1v) is 8.10. The number of fused-ring (bicyclic) bond motifs is 1. The molecule has 1 aromatic rings. The third-order valence-electron chi connectivity index (χ3n) is 4.58. The van der Waals surface area contributed by atoms with Crippen LogP contribution in [-0.4, -0.2) is 16.3 Å². The highest BCUT2D eigenvalue weighted by molar-refractivity contribution is 7.12. The van der Waals surface area contributed by atoms with Crippen LogP contribution in [-0.2, 0) is 17.6 Å². The van der Waals surface area contributed by atoms with Gasteiger partial charge in [-0.05, 0) is 65.0 Å². The second-order valence-corrected chi connectivity index (χ2v) is 8.34. The van der Waals surface area contributed by atoms with Gasteiger partial charge in [0.2, 0.25) is 0 Å². The second kappa shape index (κ2) is 4.31. The van der Waals surface area contributed by atoms with E-state index in [4.69, 9.17) is 4.74 Å². The van der Waals surface area contributed by atoms with E-state index in [0.717, 1.165) is 11.3 Å². The number of aryl methyl sites for hydroxylation is 2.